The van der Waals surface area contributed by atoms with E-state index in [1.165, 1.54) is 0 Å². The fraction of sp³-hybridized carbons (Fsp3) is 0.385. The van der Waals surface area contributed by atoms with E-state index < -0.39 is 0 Å². The highest BCUT2D eigenvalue weighted by Crippen LogP contribution is 1.96. The van der Waals surface area contributed by atoms with Gasteiger partial charge in [-0.1, -0.05) is 0 Å². The summed E-state index contributed by atoms with van der Waals surface area (Å²) in [6, 6.07) is 3.81. The number of imidazole rings is 1. The van der Waals surface area contributed by atoms with Crippen LogP contribution < -0.4 is 10.0 Å². The van der Waals surface area contributed by atoms with Crippen LogP contribution in [0.3, 0.4) is 0 Å². The molecule has 2 heterocycles. The van der Waals surface area contributed by atoms with Crippen LogP contribution >= 0.6 is 0 Å². The summed E-state index contributed by atoms with van der Waals surface area (Å²) < 4.78 is 3.17. The molecule has 2 N–H and O–H groups in total. The molecule has 0 bridgehead atoms. The lowest BCUT2D eigenvalue weighted by atomic mass is 10.3. The van der Waals surface area contributed by atoms with E-state index in [1.54, 1.807) is 12.4 Å². The Labute approximate surface area is 107 Å². The van der Waals surface area contributed by atoms with Crippen molar-refractivity contribution in [1.29, 1.82) is 0 Å². The molecule has 0 unspecified atom stereocenters. The first kappa shape index (κ1) is 12.6. The van der Waals surface area contributed by atoms with Crippen LogP contribution in [0.1, 0.15) is 17.7 Å². The van der Waals surface area contributed by atoms with Gasteiger partial charge >= 0.3 is 0 Å². The van der Waals surface area contributed by atoms with Crippen molar-refractivity contribution in [3.05, 3.63) is 48.3 Å². The van der Waals surface area contributed by atoms with Gasteiger partial charge in [-0.25, -0.2) is 4.98 Å². The first-order chi connectivity index (χ1) is 8.74. The van der Waals surface area contributed by atoms with Crippen LogP contribution in [0.2, 0.25) is 0 Å². The van der Waals surface area contributed by atoms with Crippen molar-refractivity contribution in [1.82, 2.24) is 14.9 Å². The van der Waals surface area contributed by atoms with Gasteiger partial charge in [0.2, 0.25) is 12.4 Å². The minimum absolute atomic E-state index is 0.768. The topological polar surface area (TPSA) is 54.0 Å². The molecule has 2 aromatic heterocycles. The van der Waals surface area contributed by atoms with Gasteiger partial charge in [-0.3, -0.25) is 5.21 Å². The normalized spacial score (nSPS) is 10.7. The zero-order valence-corrected chi connectivity index (χ0v) is 10.6. The third-order valence-electron chi connectivity index (χ3n) is 2.71. The Kier molecular flexibility index (Phi) is 4.30. The lowest BCUT2D eigenvalue weighted by molar-refractivity contribution is -0.905. The van der Waals surface area contributed by atoms with E-state index in [-0.39, 0.29) is 0 Å². The number of hydrogen-bond acceptors (Lipinski definition) is 3. The lowest BCUT2D eigenvalue weighted by Gasteiger charge is -2.04. The monoisotopic (exact) mass is 247 g/mol. The Morgan fingerprint density at radius 1 is 1.50 bits per heavy atom. The molecule has 0 saturated heterocycles. The largest absolute Gasteiger partial charge is 0.337 e. The SMILES string of the molecule is Cc1cn(CCCNCc2ccc[n+](O)c2)cn1. The number of aryl methyl sites for hydroxylation is 2. The molecular formula is C13H19N4O+. The molecule has 2 aromatic rings. The maximum absolute atomic E-state index is 9.25. The van der Waals surface area contributed by atoms with Crippen molar-refractivity contribution < 1.29 is 9.94 Å². The van der Waals surface area contributed by atoms with E-state index in [1.807, 2.05) is 31.6 Å². The van der Waals surface area contributed by atoms with Gasteiger partial charge in [-0.2, -0.15) is 0 Å². The molecule has 0 fully saturated rings. The minimum atomic E-state index is 0.768. The van der Waals surface area contributed by atoms with Gasteiger partial charge in [0, 0.05) is 35.6 Å². The van der Waals surface area contributed by atoms with Crippen LogP contribution in [0.5, 0.6) is 0 Å². The molecule has 0 saturated carbocycles. The van der Waals surface area contributed by atoms with Crippen LogP contribution in [0, 0.1) is 6.92 Å². The third kappa shape index (κ3) is 3.85. The second-order valence-electron chi connectivity index (χ2n) is 4.38. The lowest BCUT2D eigenvalue weighted by Crippen LogP contribution is -2.29. The number of aromatic nitrogens is 3. The predicted octanol–water partition coefficient (Wildman–Crippen LogP) is 0.896. The maximum Gasteiger partial charge on any atom is 0.226 e. The van der Waals surface area contributed by atoms with E-state index >= 15 is 0 Å². The zero-order valence-electron chi connectivity index (χ0n) is 10.6. The first-order valence-corrected chi connectivity index (χ1v) is 6.12. The van der Waals surface area contributed by atoms with E-state index in [9.17, 15) is 5.21 Å². The van der Waals surface area contributed by atoms with Gasteiger partial charge in [-0.15, -0.1) is 0 Å². The predicted molar refractivity (Wildman–Crippen MR) is 67.1 cm³/mol. The van der Waals surface area contributed by atoms with Gasteiger partial charge in [0.05, 0.1) is 12.0 Å². The molecule has 18 heavy (non-hydrogen) atoms. The highest BCUT2D eigenvalue weighted by molar-refractivity contribution is 5.04. The Hall–Kier alpha value is -1.88. The summed E-state index contributed by atoms with van der Waals surface area (Å²) in [5.74, 6) is 0. The van der Waals surface area contributed by atoms with Crippen molar-refractivity contribution in [3.8, 4) is 0 Å². The third-order valence-corrected chi connectivity index (χ3v) is 2.71. The summed E-state index contributed by atoms with van der Waals surface area (Å²) in [6.45, 7) is 4.68. The summed E-state index contributed by atoms with van der Waals surface area (Å²) in [5, 5.41) is 12.6. The molecule has 5 heteroatoms. The van der Waals surface area contributed by atoms with Crippen LogP contribution in [0.4, 0.5) is 0 Å². The van der Waals surface area contributed by atoms with Gasteiger partial charge < -0.3 is 9.88 Å². The molecule has 0 atom stereocenters. The van der Waals surface area contributed by atoms with Crippen LogP contribution in [-0.2, 0) is 13.1 Å². The second kappa shape index (κ2) is 6.16. The Morgan fingerprint density at radius 3 is 3.11 bits per heavy atom. The summed E-state index contributed by atoms with van der Waals surface area (Å²) >= 11 is 0. The highest BCUT2D eigenvalue weighted by atomic mass is 16.5. The van der Waals surface area contributed by atoms with E-state index in [2.05, 4.69) is 14.9 Å². The average molecular weight is 247 g/mol. The number of pyridine rings is 1. The number of nitrogens with zero attached hydrogens (tertiary/aromatic N) is 3. The molecule has 0 spiro atoms. The Bertz CT molecular complexity index is 495. The van der Waals surface area contributed by atoms with Gasteiger partial charge in [0.15, 0.2) is 0 Å². The first-order valence-electron chi connectivity index (χ1n) is 6.12. The van der Waals surface area contributed by atoms with Crippen molar-refractivity contribution in [2.75, 3.05) is 6.54 Å². The number of nitrogens with one attached hydrogen (secondary N) is 1. The molecule has 0 aromatic carbocycles. The van der Waals surface area contributed by atoms with E-state index in [0.717, 1.165) is 42.0 Å². The molecule has 0 aliphatic rings. The van der Waals surface area contributed by atoms with E-state index in [4.69, 9.17) is 0 Å². The highest BCUT2D eigenvalue weighted by Gasteiger charge is 1.99. The molecule has 2 rings (SSSR count). The molecule has 5 nitrogen and oxygen atoms in total. The van der Waals surface area contributed by atoms with Crippen molar-refractivity contribution >= 4 is 0 Å². The fourth-order valence-corrected chi connectivity index (χ4v) is 1.83. The maximum atomic E-state index is 9.25. The van der Waals surface area contributed by atoms with Crippen molar-refractivity contribution in [3.63, 3.8) is 0 Å². The standard InChI is InChI=1S/C13H19N4O/c1-12-9-16(11-15-12)6-3-5-14-8-13-4-2-7-17(18)10-13/h2,4,7,9-11,14,18H,3,5-6,8H2,1H3/q+1. The van der Waals surface area contributed by atoms with Gasteiger partial charge in [0.25, 0.3) is 0 Å². The molecule has 96 valence electrons. The van der Waals surface area contributed by atoms with Crippen LogP contribution in [0.15, 0.2) is 37.1 Å². The quantitative estimate of drug-likeness (QED) is 0.453. The van der Waals surface area contributed by atoms with Gasteiger partial charge in [0.1, 0.15) is 0 Å². The molecule has 0 aliphatic carbocycles. The van der Waals surface area contributed by atoms with Crippen LogP contribution in [-0.4, -0.2) is 21.3 Å². The molecular weight excluding hydrogens is 228 g/mol. The Balaban J connectivity index is 1.64. The summed E-state index contributed by atoms with van der Waals surface area (Å²) in [4.78, 5) is 4.18. The fourth-order valence-electron chi connectivity index (χ4n) is 1.83. The zero-order chi connectivity index (χ0) is 12.8. The van der Waals surface area contributed by atoms with E-state index in [0.29, 0.717) is 0 Å². The van der Waals surface area contributed by atoms with Crippen molar-refractivity contribution in [2.24, 2.45) is 0 Å². The second-order valence-corrected chi connectivity index (χ2v) is 4.38. The summed E-state index contributed by atoms with van der Waals surface area (Å²) in [6.07, 6.45) is 8.27. The van der Waals surface area contributed by atoms with Crippen LogP contribution in [0.25, 0.3) is 0 Å². The molecule has 0 aliphatic heterocycles. The smallest absolute Gasteiger partial charge is 0.226 e. The average Bonchev–Trinajstić information content (AvgIpc) is 2.75. The summed E-state index contributed by atoms with van der Waals surface area (Å²) in [7, 11) is 0. The number of rotatable bonds is 6. The van der Waals surface area contributed by atoms with Crippen molar-refractivity contribution in [2.45, 2.75) is 26.4 Å². The summed E-state index contributed by atoms with van der Waals surface area (Å²) in [5.41, 5.74) is 2.12. The van der Waals surface area contributed by atoms with Gasteiger partial charge in [-0.05, 0) is 26.0 Å². The minimum Gasteiger partial charge on any atom is -0.337 e. The number of hydrogen-bond donors (Lipinski definition) is 2. The molecule has 0 radical (unpaired) electrons. The Morgan fingerprint density at radius 2 is 2.39 bits per heavy atom. The molecule has 0 amide bonds.